The molecule has 6 nitrogen and oxygen atoms in total. The third-order valence-electron chi connectivity index (χ3n) is 8.56. The average molecular weight is 591 g/mol. The quantitative estimate of drug-likeness (QED) is 0.104. The molecule has 0 atom stereocenters. The number of pyridine rings is 2. The van der Waals surface area contributed by atoms with Gasteiger partial charge in [0.1, 0.15) is 11.6 Å². The normalized spacial score (nSPS) is 19.2. The minimum Gasteiger partial charge on any atom is -0.385 e. The summed E-state index contributed by atoms with van der Waals surface area (Å²) in [5, 5.41) is 14.5. The lowest BCUT2D eigenvalue weighted by molar-refractivity contribution is 0.220. The minimum atomic E-state index is 0.191. The zero-order valence-corrected chi connectivity index (χ0v) is 26.9. The molecule has 1 saturated carbocycles. The topological polar surface area (TPSA) is 73.9 Å². The summed E-state index contributed by atoms with van der Waals surface area (Å²) in [7, 11) is 0. The van der Waals surface area contributed by atoms with Crippen molar-refractivity contribution < 1.29 is 0 Å². The molecule has 6 heteroatoms. The van der Waals surface area contributed by atoms with Crippen LogP contribution in [-0.4, -0.2) is 36.1 Å². The van der Waals surface area contributed by atoms with Gasteiger partial charge >= 0.3 is 0 Å². The maximum atomic E-state index is 5.30. The number of aromatic nitrogens is 2. The Kier molecular flexibility index (Phi) is 11.1. The predicted molar refractivity (Wildman–Crippen MR) is 187 cm³/mol. The van der Waals surface area contributed by atoms with Gasteiger partial charge in [0, 0.05) is 84.7 Å². The molecule has 4 N–H and O–H groups in total. The standard InChI is InChI=1S/C38H50N6/c1-5-19-39-29-23-31(43-33(25-29)41-21-7-3)37-35(27-15-11-9-12-16-27)38(36(37)28-17-13-10-14-18-28)32-24-30(40-20-6-2)26-34(44-32)42-22-8-4/h9-18,23-26,35-38H,5-8,19-22H2,1-4H3,(H2,39,41,43)(H2,40,42,44)/t35-,36-,37-,38+. The van der Waals surface area contributed by atoms with E-state index in [2.05, 4.69) is 134 Å². The van der Waals surface area contributed by atoms with Gasteiger partial charge in [-0.2, -0.15) is 0 Å². The zero-order valence-electron chi connectivity index (χ0n) is 26.9. The monoisotopic (exact) mass is 590 g/mol. The Morgan fingerprint density at radius 2 is 0.818 bits per heavy atom. The highest BCUT2D eigenvalue weighted by Crippen LogP contribution is 2.66. The molecule has 2 aromatic carbocycles. The van der Waals surface area contributed by atoms with Gasteiger partial charge in [-0.15, -0.1) is 0 Å². The molecule has 2 aromatic heterocycles. The Hall–Kier alpha value is -4.06. The number of anilines is 4. The van der Waals surface area contributed by atoms with Crippen molar-refractivity contribution in [2.24, 2.45) is 0 Å². The van der Waals surface area contributed by atoms with E-state index in [-0.39, 0.29) is 23.7 Å². The number of hydrogen-bond acceptors (Lipinski definition) is 6. The van der Waals surface area contributed by atoms with Gasteiger partial charge in [0.25, 0.3) is 0 Å². The van der Waals surface area contributed by atoms with Crippen LogP contribution >= 0.6 is 0 Å². The minimum absolute atomic E-state index is 0.191. The van der Waals surface area contributed by atoms with Crippen LogP contribution in [0.3, 0.4) is 0 Å². The summed E-state index contributed by atoms with van der Waals surface area (Å²) < 4.78 is 0. The molecule has 5 rings (SSSR count). The molecule has 2 heterocycles. The Morgan fingerprint density at radius 1 is 0.455 bits per heavy atom. The molecule has 1 fully saturated rings. The first-order chi connectivity index (χ1) is 21.7. The molecule has 232 valence electrons. The number of hydrogen-bond donors (Lipinski definition) is 4. The van der Waals surface area contributed by atoms with E-state index in [0.717, 1.165) is 86.3 Å². The fraction of sp³-hybridized carbons (Fsp3) is 0.421. The first-order valence-electron chi connectivity index (χ1n) is 16.8. The smallest absolute Gasteiger partial charge is 0.128 e. The lowest BCUT2D eigenvalue weighted by atomic mass is 9.50. The predicted octanol–water partition coefficient (Wildman–Crippen LogP) is 9.21. The van der Waals surface area contributed by atoms with Crippen LogP contribution in [0.5, 0.6) is 0 Å². The summed E-state index contributed by atoms with van der Waals surface area (Å²) in [6.45, 7) is 12.5. The molecule has 0 bridgehead atoms. The summed E-state index contributed by atoms with van der Waals surface area (Å²) in [4.78, 5) is 10.6. The van der Waals surface area contributed by atoms with Crippen molar-refractivity contribution in [3.8, 4) is 0 Å². The largest absolute Gasteiger partial charge is 0.385 e. The van der Waals surface area contributed by atoms with Crippen LogP contribution in [0.1, 0.15) is 99.6 Å². The van der Waals surface area contributed by atoms with Crippen molar-refractivity contribution in [3.05, 3.63) is 107 Å². The molecule has 4 aromatic rings. The zero-order chi connectivity index (χ0) is 30.7. The van der Waals surface area contributed by atoms with Crippen LogP contribution in [0.2, 0.25) is 0 Å². The van der Waals surface area contributed by atoms with Gasteiger partial charge in [0.05, 0.1) is 0 Å². The first kappa shape index (κ1) is 31.4. The highest BCUT2D eigenvalue weighted by Gasteiger charge is 2.54. The van der Waals surface area contributed by atoms with Crippen LogP contribution in [0, 0.1) is 0 Å². The number of benzene rings is 2. The Bertz CT molecular complexity index is 1270. The van der Waals surface area contributed by atoms with Gasteiger partial charge < -0.3 is 21.3 Å². The van der Waals surface area contributed by atoms with Gasteiger partial charge in [0.15, 0.2) is 0 Å². The van der Waals surface area contributed by atoms with Crippen molar-refractivity contribution in [3.63, 3.8) is 0 Å². The van der Waals surface area contributed by atoms with E-state index in [1.807, 2.05) is 0 Å². The van der Waals surface area contributed by atoms with E-state index in [4.69, 9.17) is 9.97 Å². The van der Waals surface area contributed by atoms with Gasteiger partial charge in [-0.25, -0.2) is 9.97 Å². The van der Waals surface area contributed by atoms with Crippen molar-refractivity contribution >= 4 is 23.0 Å². The van der Waals surface area contributed by atoms with Crippen molar-refractivity contribution in [1.29, 1.82) is 0 Å². The lowest BCUT2D eigenvalue weighted by Gasteiger charge is -2.52. The SMILES string of the molecule is CCCNc1cc(NCCC)nc([C@H]2[C@H](c3ccccc3)[C@@H](c3cc(NCCC)cc(NCCC)n3)[C@H]2c2ccccc2)c1. The fourth-order valence-electron chi connectivity index (χ4n) is 6.54. The van der Waals surface area contributed by atoms with Crippen LogP contribution in [0.25, 0.3) is 0 Å². The number of nitrogens with zero attached hydrogens (tertiary/aromatic N) is 2. The number of rotatable bonds is 16. The van der Waals surface area contributed by atoms with Crippen molar-refractivity contribution in [1.82, 2.24) is 9.97 Å². The maximum absolute atomic E-state index is 5.30. The van der Waals surface area contributed by atoms with E-state index in [1.54, 1.807) is 0 Å². The first-order valence-corrected chi connectivity index (χ1v) is 16.8. The molecule has 0 radical (unpaired) electrons. The maximum Gasteiger partial charge on any atom is 0.128 e. The molecule has 1 aliphatic rings. The molecule has 0 spiro atoms. The number of nitrogens with one attached hydrogen (secondary N) is 4. The third-order valence-corrected chi connectivity index (χ3v) is 8.56. The van der Waals surface area contributed by atoms with Crippen LogP contribution < -0.4 is 21.3 Å². The lowest BCUT2D eigenvalue weighted by Crippen LogP contribution is -2.41. The molecule has 0 unspecified atom stereocenters. The summed E-state index contributed by atoms with van der Waals surface area (Å²) in [5.41, 5.74) is 7.20. The second kappa shape index (κ2) is 15.6. The summed E-state index contributed by atoms with van der Waals surface area (Å²) in [5.74, 6) is 2.72. The highest BCUT2D eigenvalue weighted by molar-refractivity contribution is 5.59. The van der Waals surface area contributed by atoms with Gasteiger partial charge in [-0.3, -0.25) is 0 Å². The van der Waals surface area contributed by atoms with E-state index < -0.39 is 0 Å². The van der Waals surface area contributed by atoms with Gasteiger partial charge in [-0.05, 0) is 48.9 Å². The molecular weight excluding hydrogens is 540 g/mol. The Balaban J connectivity index is 1.67. The average Bonchev–Trinajstić information content (AvgIpc) is 3.05. The van der Waals surface area contributed by atoms with Crippen molar-refractivity contribution in [2.45, 2.75) is 77.0 Å². The molecule has 0 aliphatic heterocycles. The van der Waals surface area contributed by atoms with E-state index >= 15 is 0 Å². The van der Waals surface area contributed by atoms with Crippen LogP contribution in [0.15, 0.2) is 84.9 Å². The molecule has 44 heavy (non-hydrogen) atoms. The molecule has 0 saturated heterocycles. The Labute approximate surface area is 264 Å². The van der Waals surface area contributed by atoms with Gasteiger partial charge in [-0.1, -0.05) is 88.4 Å². The van der Waals surface area contributed by atoms with E-state index in [9.17, 15) is 0 Å². The fourth-order valence-corrected chi connectivity index (χ4v) is 6.54. The van der Waals surface area contributed by atoms with E-state index in [0.29, 0.717) is 0 Å². The van der Waals surface area contributed by atoms with Crippen LogP contribution in [-0.2, 0) is 0 Å². The van der Waals surface area contributed by atoms with Crippen LogP contribution in [0.4, 0.5) is 23.0 Å². The summed E-state index contributed by atoms with van der Waals surface area (Å²) in [6.07, 6.45) is 4.25. The Morgan fingerprint density at radius 3 is 1.18 bits per heavy atom. The summed E-state index contributed by atoms with van der Waals surface area (Å²) >= 11 is 0. The van der Waals surface area contributed by atoms with Crippen molar-refractivity contribution in [2.75, 3.05) is 47.4 Å². The molecular formula is C38H50N6. The van der Waals surface area contributed by atoms with Gasteiger partial charge in [0.2, 0.25) is 0 Å². The third kappa shape index (κ3) is 7.35. The highest BCUT2D eigenvalue weighted by atomic mass is 15.0. The molecule has 0 amide bonds. The van der Waals surface area contributed by atoms with E-state index in [1.165, 1.54) is 11.1 Å². The molecule has 1 aliphatic carbocycles. The second-order valence-corrected chi connectivity index (χ2v) is 12.0. The summed E-state index contributed by atoms with van der Waals surface area (Å²) in [6, 6.07) is 31.0. The second-order valence-electron chi connectivity index (χ2n) is 12.0.